The lowest BCUT2D eigenvalue weighted by molar-refractivity contribution is 0.0307. The van der Waals surface area contributed by atoms with Gasteiger partial charge in [-0.15, -0.1) is 0 Å². The third kappa shape index (κ3) is 2.56. The molecule has 0 radical (unpaired) electrons. The van der Waals surface area contributed by atoms with Crippen LogP contribution in [0, 0.1) is 5.92 Å². The van der Waals surface area contributed by atoms with E-state index in [9.17, 15) is 10.2 Å². The molecule has 2 nitrogen and oxygen atoms in total. The monoisotopic (exact) mass is 220 g/mol. The van der Waals surface area contributed by atoms with Crippen LogP contribution in [0.1, 0.15) is 44.6 Å². The van der Waals surface area contributed by atoms with Crippen LogP contribution in [0.5, 0.6) is 5.75 Å². The molecule has 0 spiro atoms. The van der Waals surface area contributed by atoms with Crippen LogP contribution in [0.25, 0.3) is 0 Å². The number of aliphatic hydroxyl groups is 1. The first kappa shape index (κ1) is 11.5. The maximum absolute atomic E-state index is 10.5. The largest absolute Gasteiger partial charge is 0.508 e. The van der Waals surface area contributed by atoms with Gasteiger partial charge in [0.05, 0.1) is 5.60 Å². The van der Waals surface area contributed by atoms with Crippen LogP contribution >= 0.6 is 0 Å². The molecule has 1 aliphatic rings. The first-order chi connectivity index (χ1) is 7.58. The third-order valence-corrected chi connectivity index (χ3v) is 3.65. The molecule has 1 aliphatic carbocycles. The average molecular weight is 220 g/mol. The maximum atomic E-state index is 10.5. The lowest BCUT2D eigenvalue weighted by atomic mass is 9.85. The van der Waals surface area contributed by atoms with E-state index in [1.165, 1.54) is 25.7 Å². The van der Waals surface area contributed by atoms with Crippen LogP contribution in [0.15, 0.2) is 24.3 Å². The number of aromatic hydroxyl groups is 1. The van der Waals surface area contributed by atoms with Crippen LogP contribution in [-0.2, 0) is 5.60 Å². The summed E-state index contributed by atoms with van der Waals surface area (Å²) in [5.74, 6) is 0.907. The van der Waals surface area contributed by atoms with Gasteiger partial charge in [-0.3, -0.25) is 0 Å². The van der Waals surface area contributed by atoms with Gasteiger partial charge in [0.1, 0.15) is 5.75 Å². The van der Waals surface area contributed by atoms with Gasteiger partial charge in [-0.25, -0.2) is 0 Å². The Morgan fingerprint density at radius 2 is 1.75 bits per heavy atom. The van der Waals surface area contributed by atoms with Gasteiger partial charge in [0.25, 0.3) is 0 Å². The summed E-state index contributed by atoms with van der Waals surface area (Å²) in [5.41, 5.74) is 0.139. The molecule has 0 heterocycles. The molecule has 0 bridgehead atoms. The minimum absolute atomic E-state index is 0.250. The van der Waals surface area contributed by atoms with Gasteiger partial charge >= 0.3 is 0 Å². The van der Waals surface area contributed by atoms with E-state index >= 15 is 0 Å². The number of hydrogen-bond donors (Lipinski definition) is 2. The average Bonchev–Trinajstić information content (AvgIpc) is 2.70. The molecule has 1 atom stereocenters. The van der Waals surface area contributed by atoms with Gasteiger partial charge in [-0.1, -0.05) is 37.8 Å². The lowest BCUT2D eigenvalue weighted by Gasteiger charge is -2.27. The molecule has 88 valence electrons. The summed E-state index contributed by atoms with van der Waals surface area (Å²) in [6, 6.07) is 6.89. The van der Waals surface area contributed by atoms with E-state index < -0.39 is 5.60 Å². The quantitative estimate of drug-likeness (QED) is 0.821. The van der Waals surface area contributed by atoms with Gasteiger partial charge in [0.2, 0.25) is 0 Å². The third-order valence-electron chi connectivity index (χ3n) is 3.65. The Morgan fingerprint density at radius 3 is 2.31 bits per heavy atom. The van der Waals surface area contributed by atoms with Crippen LogP contribution in [-0.4, -0.2) is 10.2 Å². The summed E-state index contributed by atoms with van der Waals surface area (Å²) >= 11 is 0. The summed E-state index contributed by atoms with van der Waals surface area (Å²) < 4.78 is 0. The zero-order valence-corrected chi connectivity index (χ0v) is 9.82. The van der Waals surface area contributed by atoms with Crippen molar-refractivity contribution >= 4 is 0 Å². The Labute approximate surface area is 96.9 Å². The molecule has 1 unspecified atom stereocenters. The zero-order chi connectivity index (χ0) is 11.6. The molecule has 2 rings (SSSR count). The number of phenolic OH excluding ortho intramolecular Hbond substituents is 1. The second-order valence-electron chi connectivity index (χ2n) is 5.18. The van der Waals surface area contributed by atoms with E-state index in [2.05, 4.69) is 0 Å². The summed E-state index contributed by atoms with van der Waals surface area (Å²) in [6.07, 6.45) is 5.92. The summed E-state index contributed by atoms with van der Waals surface area (Å²) in [5, 5.41) is 19.7. The van der Waals surface area contributed by atoms with Crippen molar-refractivity contribution in [3.05, 3.63) is 29.8 Å². The highest BCUT2D eigenvalue weighted by molar-refractivity contribution is 5.29. The second-order valence-corrected chi connectivity index (χ2v) is 5.18. The van der Waals surface area contributed by atoms with E-state index in [0.29, 0.717) is 5.92 Å². The molecular weight excluding hydrogens is 200 g/mol. The minimum atomic E-state index is -0.761. The van der Waals surface area contributed by atoms with Crippen molar-refractivity contribution < 1.29 is 10.2 Å². The Balaban J connectivity index is 2.07. The topological polar surface area (TPSA) is 40.5 Å². The molecular formula is C14H20O2. The fourth-order valence-corrected chi connectivity index (χ4v) is 2.71. The van der Waals surface area contributed by atoms with Crippen molar-refractivity contribution in [2.45, 2.75) is 44.6 Å². The normalized spacial score (nSPS) is 20.9. The predicted octanol–water partition coefficient (Wildman–Crippen LogP) is 3.18. The van der Waals surface area contributed by atoms with E-state index in [1.807, 2.05) is 19.1 Å². The SMILES string of the molecule is CC(O)(CC1CCCC1)c1ccc(O)cc1. The second kappa shape index (κ2) is 4.46. The van der Waals surface area contributed by atoms with Crippen molar-refractivity contribution in [2.75, 3.05) is 0 Å². The summed E-state index contributed by atoms with van der Waals surface area (Å²) in [6.45, 7) is 1.87. The Hall–Kier alpha value is -1.02. The van der Waals surface area contributed by atoms with Crippen molar-refractivity contribution in [3.8, 4) is 5.75 Å². The molecule has 2 heteroatoms. The molecule has 1 saturated carbocycles. The minimum Gasteiger partial charge on any atom is -0.508 e. The molecule has 16 heavy (non-hydrogen) atoms. The van der Waals surface area contributed by atoms with Crippen molar-refractivity contribution in [1.29, 1.82) is 0 Å². The number of phenols is 1. The van der Waals surface area contributed by atoms with Gasteiger partial charge < -0.3 is 10.2 Å². The molecule has 1 aromatic rings. The van der Waals surface area contributed by atoms with Gasteiger partial charge in [-0.2, -0.15) is 0 Å². The highest BCUT2D eigenvalue weighted by Crippen LogP contribution is 2.36. The molecule has 1 aromatic carbocycles. The van der Waals surface area contributed by atoms with Gasteiger partial charge in [0, 0.05) is 0 Å². The van der Waals surface area contributed by atoms with E-state index in [0.717, 1.165) is 12.0 Å². The molecule has 0 aromatic heterocycles. The lowest BCUT2D eigenvalue weighted by Crippen LogP contribution is -2.24. The Kier molecular flexibility index (Phi) is 3.20. The highest BCUT2D eigenvalue weighted by atomic mass is 16.3. The molecule has 0 amide bonds. The van der Waals surface area contributed by atoms with Crippen LogP contribution in [0.2, 0.25) is 0 Å². The van der Waals surface area contributed by atoms with Crippen molar-refractivity contribution in [2.24, 2.45) is 5.92 Å². The van der Waals surface area contributed by atoms with E-state index in [4.69, 9.17) is 0 Å². The fraction of sp³-hybridized carbons (Fsp3) is 0.571. The first-order valence-electron chi connectivity index (χ1n) is 6.10. The smallest absolute Gasteiger partial charge is 0.115 e. The Bertz CT molecular complexity index is 334. The highest BCUT2D eigenvalue weighted by Gasteiger charge is 2.28. The molecule has 0 aliphatic heterocycles. The Morgan fingerprint density at radius 1 is 1.19 bits per heavy atom. The first-order valence-corrected chi connectivity index (χ1v) is 6.10. The zero-order valence-electron chi connectivity index (χ0n) is 9.82. The number of benzene rings is 1. The molecule has 2 N–H and O–H groups in total. The maximum Gasteiger partial charge on any atom is 0.115 e. The summed E-state index contributed by atoms with van der Waals surface area (Å²) in [7, 11) is 0. The van der Waals surface area contributed by atoms with Gasteiger partial charge in [0.15, 0.2) is 0 Å². The van der Waals surface area contributed by atoms with Crippen LogP contribution in [0.3, 0.4) is 0 Å². The van der Waals surface area contributed by atoms with Crippen LogP contribution in [0.4, 0.5) is 0 Å². The summed E-state index contributed by atoms with van der Waals surface area (Å²) in [4.78, 5) is 0. The standard InChI is InChI=1S/C14H20O2/c1-14(16,10-11-4-2-3-5-11)12-6-8-13(15)9-7-12/h6-9,11,15-16H,2-5,10H2,1H3. The fourth-order valence-electron chi connectivity index (χ4n) is 2.71. The predicted molar refractivity (Wildman–Crippen MR) is 64.3 cm³/mol. The molecule has 1 fully saturated rings. The van der Waals surface area contributed by atoms with Crippen molar-refractivity contribution in [3.63, 3.8) is 0 Å². The van der Waals surface area contributed by atoms with E-state index in [1.54, 1.807) is 12.1 Å². The van der Waals surface area contributed by atoms with Crippen molar-refractivity contribution in [1.82, 2.24) is 0 Å². The van der Waals surface area contributed by atoms with E-state index in [-0.39, 0.29) is 5.75 Å². The number of hydrogen-bond acceptors (Lipinski definition) is 2. The van der Waals surface area contributed by atoms with Gasteiger partial charge in [-0.05, 0) is 37.0 Å². The molecule has 0 saturated heterocycles. The van der Waals surface area contributed by atoms with Crippen LogP contribution < -0.4 is 0 Å². The number of rotatable bonds is 3.